The second kappa shape index (κ2) is 5.05. The maximum absolute atomic E-state index is 11.3. The summed E-state index contributed by atoms with van der Waals surface area (Å²) in [5.74, 6) is -1.44. The van der Waals surface area contributed by atoms with Crippen molar-refractivity contribution in [1.82, 2.24) is 5.32 Å². The Labute approximate surface area is 116 Å². The third-order valence-electron chi connectivity index (χ3n) is 3.09. The van der Waals surface area contributed by atoms with Gasteiger partial charge in [0.2, 0.25) is 5.75 Å². The number of carbonyl (C=O) groups excluding carboxylic acids is 1. The number of aromatic hydroxyl groups is 3. The van der Waals surface area contributed by atoms with Gasteiger partial charge in [-0.3, -0.25) is 0 Å². The smallest absolute Gasteiger partial charge is 0.407 e. The number of ether oxygens (including phenoxy) is 1. The van der Waals surface area contributed by atoms with E-state index >= 15 is 0 Å². The number of phenolic OH excluding ortho intramolecular Hbond substituents is 3. The quantitative estimate of drug-likeness (QED) is 0.593. The number of rotatable bonds is 1. The van der Waals surface area contributed by atoms with E-state index in [4.69, 9.17) is 4.74 Å². The Morgan fingerprint density at radius 3 is 2.53 bits per heavy atom. The Morgan fingerprint density at radius 2 is 1.89 bits per heavy atom. The molecule has 0 unspecified atom stereocenters. The number of nitrogens with one attached hydrogen (secondary N) is 1. The van der Waals surface area contributed by atoms with Crippen molar-refractivity contribution in [3.63, 3.8) is 0 Å². The van der Waals surface area contributed by atoms with Gasteiger partial charge in [0.25, 0.3) is 0 Å². The topological polar surface area (TPSA) is 99.0 Å². The summed E-state index contributed by atoms with van der Waals surface area (Å²) >= 11 is 0. The van der Waals surface area contributed by atoms with Crippen LogP contribution in [0.25, 0.3) is 0 Å². The van der Waals surface area contributed by atoms with Gasteiger partial charge in [0.05, 0.1) is 6.04 Å². The van der Waals surface area contributed by atoms with Gasteiger partial charge in [0.15, 0.2) is 11.5 Å². The summed E-state index contributed by atoms with van der Waals surface area (Å²) in [5, 5.41) is 31.2. The molecule has 1 atom stereocenters. The first-order valence-electron chi connectivity index (χ1n) is 5.50. The van der Waals surface area contributed by atoms with Crippen LogP contribution in [0.5, 0.6) is 17.2 Å². The van der Waals surface area contributed by atoms with E-state index in [1.807, 2.05) is 13.8 Å². The van der Waals surface area contributed by atoms with Gasteiger partial charge in [-0.2, -0.15) is 0 Å². The Balaban J connectivity index is 0.00000180. The third kappa shape index (κ3) is 2.63. The molecule has 0 aromatic heterocycles. The molecule has 106 valence electrons. The number of alkyl carbamates (subject to hydrolysis) is 1. The molecule has 1 aromatic carbocycles. The molecule has 1 aliphatic rings. The summed E-state index contributed by atoms with van der Waals surface area (Å²) in [6, 6.07) is 2.22. The Morgan fingerprint density at radius 1 is 1.26 bits per heavy atom. The van der Waals surface area contributed by atoms with E-state index in [-0.39, 0.29) is 19.0 Å². The zero-order valence-electron chi connectivity index (χ0n) is 10.5. The molecule has 1 heterocycles. The summed E-state index contributed by atoms with van der Waals surface area (Å²) in [7, 11) is 0. The summed E-state index contributed by atoms with van der Waals surface area (Å²) < 4.78 is 4.90. The Kier molecular flexibility index (Phi) is 4.05. The van der Waals surface area contributed by atoms with Gasteiger partial charge >= 0.3 is 6.09 Å². The lowest BCUT2D eigenvalue weighted by atomic mass is 9.80. The zero-order chi connectivity index (χ0) is 13.5. The number of hydrogen-bond donors (Lipinski definition) is 4. The molecule has 4 N–H and O–H groups in total. The van der Waals surface area contributed by atoms with Gasteiger partial charge in [0.1, 0.15) is 6.61 Å². The van der Waals surface area contributed by atoms with Gasteiger partial charge < -0.3 is 25.4 Å². The van der Waals surface area contributed by atoms with Crippen molar-refractivity contribution in [3.8, 4) is 17.2 Å². The van der Waals surface area contributed by atoms with Gasteiger partial charge in [-0.05, 0) is 12.1 Å². The van der Waals surface area contributed by atoms with Gasteiger partial charge in [0, 0.05) is 11.0 Å². The molecule has 0 bridgehead atoms. The van der Waals surface area contributed by atoms with Crippen LogP contribution in [0.4, 0.5) is 4.79 Å². The molecule has 1 amide bonds. The van der Waals surface area contributed by atoms with E-state index in [0.29, 0.717) is 5.56 Å². The molecule has 6 nitrogen and oxygen atoms in total. The standard InChI is InChI=1S/C12H15NO5.ClH/c1-12(2)5-18-11(17)13-10(12)6-3-4-7(14)9(16)8(6)15;/h3-4,10,14-16H,5H2,1-2H3,(H,13,17);1H/t10-;/m0./s1. The number of phenols is 3. The van der Waals surface area contributed by atoms with E-state index in [2.05, 4.69) is 5.32 Å². The molecule has 0 aliphatic carbocycles. The predicted molar refractivity (Wildman–Crippen MR) is 69.7 cm³/mol. The Hall–Kier alpha value is -1.82. The monoisotopic (exact) mass is 289 g/mol. The molecule has 1 saturated heterocycles. The SMILES string of the molecule is CC1(C)COC(=O)N[C@H]1c1ccc(O)c(O)c1O.Cl. The van der Waals surface area contributed by atoms with Crippen LogP contribution < -0.4 is 5.32 Å². The molecule has 1 aliphatic heterocycles. The fraction of sp³-hybridized carbons (Fsp3) is 0.417. The second-order valence-corrected chi connectivity index (χ2v) is 5.01. The normalized spacial score (nSPS) is 20.9. The van der Waals surface area contributed by atoms with Gasteiger partial charge in [-0.15, -0.1) is 12.4 Å². The molecule has 19 heavy (non-hydrogen) atoms. The van der Waals surface area contributed by atoms with Crippen molar-refractivity contribution in [3.05, 3.63) is 17.7 Å². The average Bonchev–Trinajstić information content (AvgIpc) is 2.30. The molecular weight excluding hydrogens is 274 g/mol. The maximum Gasteiger partial charge on any atom is 0.407 e. The van der Waals surface area contributed by atoms with Crippen LogP contribution in [0.2, 0.25) is 0 Å². The van der Waals surface area contributed by atoms with Crippen molar-refractivity contribution in [2.45, 2.75) is 19.9 Å². The lowest BCUT2D eigenvalue weighted by Crippen LogP contribution is -2.46. The highest BCUT2D eigenvalue weighted by Crippen LogP contribution is 2.45. The van der Waals surface area contributed by atoms with Crippen LogP contribution >= 0.6 is 12.4 Å². The van der Waals surface area contributed by atoms with E-state index in [0.717, 1.165) is 0 Å². The fourth-order valence-corrected chi connectivity index (χ4v) is 2.01. The molecule has 0 radical (unpaired) electrons. The summed E-state index contributed by atoms with van der Waals surface area (Å²) in [4.78, 5) is 11.3. The highest BCUT2D eigenvalue weighted by Gasteiger charge is 2.39. The molecule has 0 spiro atoms. The van der Waals surface area contributed by atoms with Crippen molar-refractivity contribution in [2.75, 3.05) is 6.61 Å². The first-order valence-corrected chi connectivity index (χ1v) is 5.50. The van der Waals surface area contributed by atoms with Crippen molar-refractivity contribution < 1.29 is 24.9 Å². The lowest BCUT2D eigenvalue weighted by Gasteiger charge is -2.38. The van der Waals surface area contributed by atoms with Gasteiger partial charge in [-0.1, -0.05) is 13.8 Å². The van der Waals surface area contributed by atoms with E-state index in [1.54, 1.807) is 0 Å². The van der Waals surface area contributed by atoms with Crippen LogP contribution in [0.15, 0.2) is 12.1 Å². The molecular formula is C12H16ClNO5. The summed E-state index contributed by atoms with van der Waals surface area (Å²) in [6.07, 6.45) is -0.578. The highest BCUT2D eigenvalue weighted by atomic mass is 35.5. The predicted octanol–water partition coefficient (Wildman–Crippen LogP) is 2.03. The fourth-order valence-electron chi connectivity index (χ4n) is 2.01. The van der Waals surface area contributed by atoms with Crippen LogP contribution in [-0.4, -0.2) is 28.0 Å². The largest absolute Gasteiger partial charge is 0.504 e. The number of benzene rings is 1. The minimum absolute atomic E-state index is 0. The van der Waals surface area contributed by atoms with Crippen LogP contribution in [0.3, 0.4) is 0 Å². The number of amides is 1. The molecule has 2 rings (SSSR count). The third-order valence-corrected chi connectivity index (χ3v) is 3.09. The number of carbonyl (C=O) groups is 1. The lowest BCUT2D eigenvalue weighted by molar-refractivity contribution is 0.0380. The number of halogens is 1. The van der Waals surface area contributed by atoms with Crippen LogP contribution in [-0.2, 0) is 4.74 Å². The first kappa shape index (κ1) is 15.2. The summed E-state index contributed by atoms with van der Waals surface area (Å²) in [5.41, 5.74) is -0.110. The Bertz CT molecular complexity index is 503. The molecule has 1 aromatic rings. The maximum atomic E-state index is 11.3. The van der Waals surface area contributed by atoms with E-state index in [1.165, 1.54) is 12.1 Å². The molecule has 7 heteroatoms. The highest BCUT2D eigenvalue weighted by molar-refractivity contribution is 5.85. The van der Waals surface area contributed by atoms with Crippen LogP contribution in [0.1, 0.15) is 25.5 Å². The average molecular weight is 290 g/mol. The van der Waals surface area contributed by atoms with E-state index < -0.39 is 34.8 Å². The molecule has 0 saturated carbocycles. The number of cyclic esters (lactones) is 1. The van der Waals surface area contributed by atoms with E-state index in [9.17, 15) is 20.1 Å². The minimum atomic E-state index is -0.593. The number of hydrogen-bond acceptors (Lipinski definition) is 5. The minimum Gasteiger partial charge on any atom is -0.504 e. The zero-order valence-corrected chi connectivity index (χ0v) is 11.3. The van der Waals surface area contributed by atoms with Crippen molar-refractivity contribution in [2.24, 2.45) is 5.41 Å². The second-order valence-electron chi connectivity index (χ2n) is 5.01. The molecule has 1 fully saturated rings. The van der Waals surface area contributed by atoms with Crippen LogP contribution in [0, 0.1) is 5.41 Å². The first-order chi connectivity index (χ1) is 8.33. The van der Waals surface area contributed by atoms with Crippen molar-refractivity contribution in [1.29, 1.82) is 0 Å². The summed E-state index contributed by atoms with van der Waals surface area (Å²) in [6.45, 7) is 3.92. The van der Waals surface area contributed by atoms with Gasteiger partial charge in [-0.25, -0.2) is 4.79 Å². The van der Waals surface area contributed by atoms with Crippen molar-refractivity contribution >= 4 is 18.5 Å².